The summed E-state index contributed by atoms with van der Waals surface area (Å²) in [6.45, 7) is 0. The predicted molar refractivity (Wildman–Crippen MR) is 90.1 cm³/mol. The molecular weight excluding hydrogens is 346 g/mol. The monoisotopic (exact) mass is 361 g/mol. The van der Waals surface area contributed by atoms with Crippen LogP contribution in [-0.4, -0.2) is 32.8 Å². The maximum atomic E-state index is 12.6. The van der Waals surface area contributed by atoms with E-state index in [0.717, 1.165) is 0 Å². The highest BCUT2D eigenvalue weighted by atomic mass is 32.2. The SMILES string of the molecule is COc1cc(NS(=O)(=O)c2ccccc2)c(-c2ncno2)cc1OC. The van der Waals surface area contributed by atoms with E-state index in [2.05, 4.69) is 14.9 Å². The van der Waals surface area contributed by atoms with Crippen LogP contribution in [0.1, 0.15) is 0 Å². The first-order valence-electron chi connectivity index (χ1n) is 7.16. The lowest BCUT2D eigenvalue weighted by atomic mass is 10.1. The lowest BCUT2D eigenvalue weighted by molar-refractivity contribution is 0.355. The van der Waals surface area contributed by atoms with Gasteiger partial charge >= 0.3 is 0 Å². The van der Waals surface area contributed by atoms with E-state index in [-0.39, 0.29) is 16.5 Å². The van der Waals surface area contributed by atoms with Gasteiger partial charge < -0.3 is 14.0 Å². The van der Waals surface area contributed by atoms with Gasteiger partial charge in [0.25, 0.3) is 15.9 Å². The Hall–Kier alpha value is -3.07. The van der Waals surface area contributed by atoms with E-state index in [9.17, 15) is 8.42 Å². The van der Waals surface area contributed by atoms with Crippen molar-refractivity contribution in [1.29, 1.82) is 0 Å². The number of hydrogen-bond acceptors (Lipinski definition) is 7. The number of methoxy groups -OCH3 is 2. The molecule has 0 bridgehead atoms. The van der Waals surface area contributed by atoms with Crippen molar-refractivity contribution in [3.8, 4) is 23.0 Å². The van der Waals surface area contributed by atoms with Gasteiger partial charge in [-0.2, -0.15) is 4.98 Å². The summed E-state index contributed by atoms with van der Waals surface area (Å²) < 4.78 is 43.3. The smallest absolute Gasteiger partial charge is 0.261 e. The fourth-order valence-electron chi connectivity index (χ4n) is 2.24. The van der Waals surface area contributed by atoms with E-state index in [1.807, 2.05) is 0 Å². The van der Waals surface area contributed by atoms with Crippen LogP contribution in [0.25, 0.3) is 11.5 Å². The zero-order valence-corrected chi connectivity index (χ0v) is 14.3. The molecule has 8 nitrogen and oxygen atoms in total. The third-order valence-electron chi connectivity index (χ3n) is 3.41. The Kier molecular flexibility index (Phi) is 4.57. The number of hydrogen-bond donors (Lipinski definition) is 1. The third kappa shape index (κ3) is 3.41. The first-order valence-corrected chi connectivity index (χ1v) is 8.64. The highest BCUT2D eigenvalue weighted by molar-refractivity contribution is 7.92. The van der Waals surface area contributed by atoms with Crippen LogP contribution in [-0.2, 0) is 10.0 Å². The topological polar surface area (TPSA) is 104 Å². The van der Waals surface area contributed by atoms with Crippen LogP contribution in [0.15, 0.2) is 58.2 Å². The van der Waals surface area contributed by atoms with Gasteiger partial charge in [0.2, 0.25) is 0 Å². The maximum absolute atomic E-state index is 12.6. The number of sulfonamides is 1. The molecule has 0 saturated heterocycles. The molecule has 0 atom stereocenters. The van der Waals surface area contributed by atoms with E-state index in [1.165, 1.54) is 38.7 Å². The molecule has 0 fully saturated rings. The summed E-state index contributed by atoms with van der Waals surface area (Å²) in [5, 5.41) is 3.56. The molecular formula is C16H15N3O5S. The van der Waals surface area contributed by atoms with Gasteiger partial charge in [0.15, 0.2) is 17.8 Å². The molecule has 1 heterocycles. The van der Waals surface area contributed by atoms with Crippen molar-refractivity contribution in [2.24, 2.45) is 0 Å². The van der Waals surface area contributed by atoms with Crippen molar-refractivity contribution in [2.45, 2.75) is 4.90 Å². The number of nitrogens with one attached hydrogen (secondary N) is 1. The number of aromatic nitrogens is 2. The minimum atomic E-state index is -3.81. The molecule has 1 aromatic heterocycles. The molecule has 2 aromatic carbocycles. The van der Waals surface area contributed by atoms with Crippen molar-refractivity contribution in [3.63, 3.8) is 0 Å². The first kappa shape index (κ1) is 16.8. The zero-order chi connectivity index (χ0) is 17.9. The van der Waals surface area contributed by atoms with Gasteiger partial charge in [-0.1, -0.05) is 23.4 Å². The number of anilines is 1. The summed E-state index contributed by atoms with van der Waals surface area (Å²) in [6, 6.07) is 11.1. The Morgan fingerprint density at radius 1 is 1.04 bits per heavy atom. The second kappa shape index (κ2) is 6.81. The molecule has 0 amide bonds. The predicted octanol–water partition coefficient (Wildman–Crippen LogP) is 2.55. The van der Waals surface area contributed by atoms with Crippen molar-refractivity contribution in [3.05, 3.63) is 48.8 Å². The average Bonchev–Trinajstić information content (AvgIpc) is 3.16. The quantitative estimate of drug-likeness (QED) is 0.719. The molecule has 1 N–H and O–H groups in total. The molecule has 130 valence electrons. The van der Waals surface area contributed by atoms with Crippen LogP contribution < -0.4 is 14.2 Å². The lowest BCUT2D eigenvalue weighted by Gasteiger charge is -2.15. The van der Waals surface area contributed by atoms with Crippen LogP contribution in [0, 0.1) is 0 Å². The second-order valence-corrected chi connectivity index (χ2v) is 6.60. The van der Waals surface area contributed by atoms with Crippen molar-refractivity contribution in [2.75, 3.05) is 18.9 Å². The zero-order valence-electron chi connectivity index (χ0n) is 13.5. The molecule has 0 aliphatic heterocycles. The Labute approximate surface area is 144 Å². The molecule has 0 aliphatic rings. The fourth-order valence-corrected chi connectivity index (χ4v) is 3.33. The number of rotatable bonds is 6. The number of nitrogens with zero attached hydrogens (tertiary/aromatic N) is 2. The van der Waals surface area contributed by atoms with Gasteiger partial charge in [0, 0.05) is 6.07 Å². The summed E-state index contributed by atoms with van der Waals surface area (Å²) in [4.78, 5) is 4.10. The van der Waals surface area contributed by atoms with Crippen LogP contribution in [0.3, 0.4) is 0 Å². The molecule has 0 unspecified atom stereocenters. The highest BCUT2D eigenvalue weighted by Crippen LogP contribution is 2.38. The van der Waals surface area contributed by atoms with E-state index < -0.39 is 10.0 Å². The Morgan fingerprint density at radius 3 is 2.32 bits per heavy atom. The van der Waals surface area contributed by atoms with Gasteiger partial charge in [-0.15, -0.1) is 0 Å². The molecule has 0 aliphatic carbocycles. The van der Waals surface area contributed by atoms with Crippen molar-refractivity contribution < 1.29 is 22.4 Å². The van der Waals surface area contributed by atoms with Crippen LogP contribution in [0.2, 0.25) is 0 Å². The Balaban J connectivity index is 2.11. The molecule has 3 rings (SSSR count). The summed E-state index contributed by atoms with van der Waals surface area (Å²) >= 11 is 0. The van der Waals surface area contributed by atoms with E-state index in [4.69, 9.17) is 14.0 Å². The van der Waals surface area contributed by atoms with Crippen molar-refractivity contribution in [1.82, 2.24) is 10.1 Å². The third-order valence-corrected chi connectivity index (χ3v) is 4.79. The van der Waals surface area contributed by atoms with Crippen LogP contribution >= 0.6 is 0 Å². The maximum Gasteiger partial charge on any atom is 0.261 e. The van der Waals surface area contributed by atoms with Gasteiger partial charge in [0.05, 0.1) is 30.4 Å². The number of ether oxygens (including phenoxy) is 2. The van der Waals surface area contributed by atoms with Gasteiger partial charge in [0.1, 0.15) is 0 Å². The lowest BCUT2D eigenvalue weighted by Crippen LogP contribution is -2.13. The van der Waals surface area contributed by atoms with Gasteiger partial charge in [-0.05, 0) is 18.2 Å². The molecule has 3 aromatic rings. The average molecular weight is 361 g/mol. The minimum Gasteiger partial charge on any atom is -0.493 e. The Morgan fingerprint density at radius 2 is 1.72 bits per heavy atom. The van der Waals surface area contributed by atoms with Gasteiger partial charge in [-0.25, -0.2) is 8.42 Å². The normalized spacial score (nSPS) is 11.1. The molecule has 9 heteroatoms. The number of benzene rings is 2. The standard InChI is InChI=1S/C16H15N3O5S/c1-22-14-8-12(16-17-10-18-24-16)13(9-15(14)23-2)19-25(20,21)11-6-4-3-5-7-11/h3-10,19H,1-2H3. The Bertz CT molecular complexity index is 957. The van der Waals surface area contributed by atoms with Crippen LogP contribution in [0.4, 0.5) is 5.69 Å². The van der Waals surface area contributed by atoms with E-state index >= 15 is 0 Å². The van der Waals surface area contributed by atoms with Crippen LogP contribution in [0.5, 0.6) is 11.5 Å². The van der Waals surface area contributed by atoms with Gasteiger partial charge in [-0.3, -0.25) is 4.72 Å². The minimum absolute atomic E-state index is 0.126. The largest absolute Gasteiger partial charge is 0.493 e. The summed E-state index contributed by atoms with van der Waals surface area (Å²) in [5.74, 6) is 0.904. The molecule has 0 saturated carbocycles. The van der Waals surface area contributed by atoms with E-state index in [1.54, 1.807) is 24.3 Å². The fraction of sp³-hybridized carbons (Fsp3) is 0.125. The summed E-state index contributed by atoms with van der Waals surface area (Å²) in [6.07, 6.45) is 1.22. The second-order valence-electron chi connectivity index (χ2n) is 4.92. The van der Waals surface area contributed by atoms with Crippen molar-refractivity contribution >= 4 is 15.7 Å². The molecule has 25 heavy (non-hydrogen) atoms. The molecule has 0 radical (unpaired) electrons. The molecule has 0 spiro atoms. The highest BCUT2D eigenvalue weighted by Gasteiger charge is 2.21. The summed E-state index contributed by atoms with van der Waals surface area (Å²) in [7, 11) is -0.874. The first-order chi connectivity index (χ1) is 12.0. The van der Waals surface area contributed by atoms with E-state index in [0.29, 0.717) is 17.1 Å². The summed E-state index contributed by atoms with van der Waals surface area (Å²) in [5.41, 5.74) is 0.598.